The molecule has 2 heteroatoms. The highest BCUT2D eigenvalue weighted by Gasteiger charge is 2.49. The lowest BCUT2D eigenvalue weighted by Crippen LogP contribution is -2.31. The maximum absolute atomic E-state index is 9.43. The van der Waals surface area contributed by atoms with E-state index >= 15 is 0 Å². The third-order valence-corrected chi connectivity index (χ3v) is 6.85. The van der Waals surface area contributed by atoms with Crippen LogP contribution in [0.25, 0.3) is 0 Å². The molecule has 0 radical (unpaired) electrons. The molecule has 0 saturated heterocycles. The Kier molecular flexibility index (Phi) is 7.66. The van der Waals surface area contributed by atoms with E-state index in [1.54, 1.807) is 0 Å². The molecule has 2 aliphatic carbocycles. The van der Waals surface area contributed by atoms with Gasteiger partial charge in [0.25, 0.3) is 0 Å². The molecule has 2 fully saturated rings. The summed E-state index contributed by atoms with van der Waals surface area (Å²) in [6.45, 7) is 4.94. The molecule has 2 bridgehead atoms. The fourth-order valence-electron chi connectivity index (χ4n) is 4.77. The molecule has 5 atom stereocenters. The second kappa shape index (κ2) is 9.25. The van der Waals surface area contributed by atoms with Crippen LogP contribution in [0.15, 0.2) is 12.2 Å². The molecule has 0 amide bonds. The smallest absolute Gasteiger partial charge is 0.0433 e. The first kappa shape index (κ1) is 17.4. The van der Waals surface area contributed by atoms with Gasteiger partial charge in [0, 0.05) is 11.9 Å². The Morgan fingerprint density at radius 2 is 2.00 bits per heavy atom. The second-order valence-corrected chi connectivity index (χ2v) is 8.39. The Balaban J connectivity index is 1.95. The number of aliphatic hydroxyl groups excluding tert-OH is 1. The first-order chi connectivity index (χ1) is 10.3. The molecule has 0 spiro atoms. The molecule has 21 heavy (non-hydrogen) atoms. The second-order valence-electron chi connectivity index (χ2n) is 6.93. The van der Waals surface area contributed by atoms with Crippen molar-refractivity contribution in [1.82, 2.24) is 0 Å². The van der Waals surface area contributed by atoms with Gasteiger partial charge in [-0.05, 0) is 67.9 Å². The first-order valence-electron chi connectivity index (χ1n) is 9.20. The highest BCUT2D eigenvalue weighted by atomic mass is 32.2. The Bertz CT molecular complexity index is 315. The molecule has 2 rings (SSSR count). The van der Waals surface area contributed by atoms with Gasteiger partial charge >= 0.3 is 0 Å². The highest BCUT2D eigenvalue weighted by Crippen LogP contribution is 2.56. The van der Waals surface area contributed by atoms with Crippen LogP contribution in [-0.2, 0) is 0 Å². The number of fused-ring (bicyclic) bond motifs is 2. The summed E-state index contributed by atoms with van der Waals surface area (Å²) in [6, 6.07) is 0. The lowest BCUT2D eigenvalue weighted by molar-refractivity contribution is 0.169. The van der Waals surface area contributed by atoms with E-state index in [-0.39, 0.29) is 0 Å². The largest absolute Gasteiger partial charge is 0.396 e. The van der Waals surface area contributed by atoms with Crippen LogP contribution in [0.4, 0.5) is 0 Å². The molecule has 1 nitrogen and oxygen atoms in total. The number of aliphatic hydroxyl groups is 1. The zero-order valence-electron chi connectivity index (χ0n) is 14.0. The van der Waals surface area contributed by atoms with Crippen LogP contribution in [0.1, 0.15) is 65.2 Å². The summed E-state index contributed by atoms with van der Waals surface area (Å²) in [5.41, 5.74) is 0. The average molecular weight is 311 g/mol. The zero-order valence-corrected chi connectivity index (χ0v) is 14.8. The number of hydrogen-bond donors (Lipinski definition) is 1. The molecule has 2 aliphatic rings. The van der Waals surface area contributed by atoms with E-state index in [1.165, 1.54) is 50.7 Å². The molecular weight excluding hydrogens is 276 g/mol. The van der Waals surface area contributed by atoms with Crippen molar-refractivity contribution in [2.45, 2.75) is 70.5 Å². The molecule has 0 heterocycles. The van der Waals surface area contributed by atoms with Crippen molar-refractivity contribution in [3.63, 3.8) is 0 Å². The number of thioether (sulfide) groups is 1. The summed E-state index contributed by atoms with van der Waals surface area (Å²) in [5.74, 6) is 4.70. The van der Waals surface area contributed by atoms with Crippen molar-refractivity contribution < 1.29 is 5.11 Å². The van der Waals surface area contributed by atoms with Crippen LogP contribution in [-0.4, -0.2) is 22.7 Å². The van der Waals surface area contributed by atoms with Crippen LogP contribution in [0, 0.1) is 23.7 Å². The van der Waals surface area contributed by atoms with Crippen LogP contribution < -0.4 is 0 Å². The monoisotopic (exact) mass is 310 g/mol. The van der Waals surface area contributed by atoms with Crippen LogP contribution in [0.5, 0.6) is 0 Å². The van der Waals surface area contributed by atoms with Gasteiger partial charge in [-0.1, -0.05) is 38.8 Å². The van der Waals surface area contributed by atoms with Crippen molar-refractivity contribution in [2.24, 2.45) is 23.7 Å². The van der Waals surface area contributed by atoms with E-state index < -0.39 is 0 Å². The lowest BCUT2D eigenvalue weighted by atomic mass is 9.75. The molecule has 0 aromatic rings. The number of allylic oxidation sites excluding steroid dienone is 1. The fraction of sp³-hybridized carbons (Fsp3) is 0.895. The minimum atomic E-state index is 0.383. The van der Waals surface area contributed by atoms with Gasteiger partial charge in [0.1, 0.15) is 0 Å². The van der Waals surface area contributed by atoms with E-state index in [9.17, 15) is 5.11 Å². The predicted molar refractivity (Wildman–Crippen MR) is 94.7 cm³/mol. The van der Waals surface area contributed by atoms with Gasteiger partial charge in [-0.2, -0.15) is 11.8 Å². The number of unbranched alkanes of at least 4 members (excludes halogenated alkanes) is 3. The molecule has 2 saturated carbocycles. The van der Waals surface area contributed by atoms with Gasteiger partial charge in [0.15, 0.2) is 0 Å². The summed E-state index contributed by atoms with van der Waals surface area (Å²) in [5, 5.41) is 10.1. The molecular formula is C19H34OS. The van der Waals surface area contributed by atoms with Crippen molar-refractivity contribution in [3.8, 4) is 0 Å². The Morgan fingerprint density at radius 3 is 2.71 bits per heavy atom. The van der Waals surface area contributed by atoms with E-state index in [2.05, 4.69) is 37.8 Å². The molecule has 122 valence electrons. The van der Waals surface area contributed by atoms with E-state index in [1.807, 2.05) is 0 Å². The van der Waals surface area contributed by atoms with Crippen molar-refractivity contribution >= 4 is 11.8 Å². The molecule has 0 aromatic heterocycles. The molecule has 1 N–H and O–H groups in total. The van der Waals surface area contributed by atoms with Gasteiger partial charge in [0.05, 0.1) is 0 Å². The van der Waals surface area contributed by atoms with Gasteiger partial charge in [-0.3, -0.25) is 0 Å². The average Bonchev–Trinajstić information content (AvgIpc) is 3.08. The fourth-order valence-corrected chi connectivity index (χ4v) is 6.03. The SMILES string of the molecule is CCCCC/C=C/[C@@H](SCC)[C@@H]1[C@H]2CC[C@H](C2)[C@H]1CCO. The van der Waals surface area contributed by atoms with Crippen LogP contribution in [0.2, 0.25) is 0 Å². The number of hydrogen-bond acceptors (Lipinski definition) is 2. The molecule has 0 unspecified atom stereocenters. The highest BCUT2D eigenvalue weighted by molar-refractivity contribution is 8.00. The first-order valence-corrected chi connectivity index (χ1v) is 10.3. The molecule has 0 aromatic carbocycles. The third-order valence-electron chi connectivity index (χ3n) is 5.66. The third kappa shape index (κ3) is 4.51. The summed E-state index contributed by atoms with van der Waals surface area (Å²) in [4.78, 5) is 0. The summed E-state index contributed by atoms with van der Waals surface area (Å²) in [7, 11) is 0. The normalized spacial score (nSPS) is 33.1. The Hall–Kier alpha value is 0.0500. The quantitative estimate of drug-likeness (QED) is 0.437. The Morgan fingerprint density at radius 1 is 1.19 bits per heavy atom. The zero-order chi connectivity index (χ0) is 15.1. The summed E-state index contributed by atoms with van der Waals surface area (Å²) >= 11 is 2.14. The van der Waals surface area contributed by atoms with E-state index in [4.69, 9.17) is 0 Å². The maximum Gasteiger partial charge on any atom is 0.0433 e. The predicted octanol–water partition coefficient (Wildman–Crippen LogP) is 5.29. The number of rotatable bonds is 10. The van der Waals surface area contributed by atoms with Gasteiger partial charge in [-0.15, -0.1) is 0 Å². The topological polar surface area (TPSA) is 20.2 Å². The van der Waals surface area contributed by atoms with E-state index in [0.29, 0.717) is 11.9 Å². The van der Waals surface area contributed by atoms with Crippen LogP contribution >= 0.6 is 11.8 Å². The minimum Gasteiger partial charge on any atom is -0.396 e. The van der Waals surface area contributed by atoms with Gasteiger partial charge in [-0.25, -0.2) is 0 Å². The van der Waals surface area contributed by atoms with Crippen molar-refractivity contribution in [3.05, 3.63) is 12.2 Å². The molecule has 0 aliphatic heterocycles. The lowest BCUT2D eigenvalue weighted by Gasteiger charge is -2.35. The van der Waals surface area contributed by atoms with Crippen molar-refractivity contribution in [2.75, 3.05) is 12.4 Å². The Labute approximate surface area is 136 Å². The van der Waals surface area contributed by atoms with E-state index in [0.717, 1.165) is 30.1 Å². The summed E-state index contributed by atoms with van der Waals surface area (Å²) < 4.78 is 0. The summed E-state index contributed by atoms with van der Waals surface area (Å²) in [6.07, 6.45) is 15.6. The maximum atomic E-state index is 9.43. The van der Waals surface area contributed by atoms with Gasteiger partial charge in [0.2, 0.25) is 0 Å². The minimum absolute atomic E-state index is 0.383. The van der Waals surface area contributed by atoms with Crippen molar-refractivity contribution in [1.29, 1.82) is 0 Å². The standard InChI is InChI=1S/C19H34OS/c1-3-5-6-7-8-9-18(21-4-2)19-16-11-10-15(14-16)17(19)12-13-20/h8-9,15-20H,3-7,10-14H2,1-2H3/b9-8+/t15-,16+,17-,18-,19-/m1/s1. The van der Waals surface area contributed by atoms with Gasteiger partial charge < -0.3 is 5.11 Å². The van der Waals surface area contributed by atoms with Crippen LogP contribution in [0.3, 0.4) is 0 Å².